The fourth-order valence-corrected chi connectivity index (χ4v) is 2.41. The van der Waals surface area contributed by atoms with Gasteiger partial charge in [0, 0.05) is 21.3 Å². The Morgan fingerprint density at radius 3 is 1.89 bits per heavy atom. The maximum atomic E-state index is 13.5. The number of hydrogen-bond donors (Lipinski definition) is 1. The molecule has 0 saturated heterocycles. The van der Waals surface area contributed by atoms with E-state index in [1.165, 1.54) is 6.07 Å². The van der Waals surface area contributed by atoms with Gasteiger partial charge in [-0.25, -0.2) is 4.99 Å². The van der Waals surface area contributed by atoms with E-state index >= 15 is 0 Å². The summed E-state index contributed by atoms with van der Waals surface area (Å²) >= 11 is 11.3. The summed E-state index contributed by atoms with van der Waals surface area (Å²) in [5.74, 6) is -2.38. The van der Waals surface area contributed by atoms with E-state index in [4.69, 9.17) is 28.9 Å². The first-order chi connectivity index (χ1) is 12.3. The zero-order valence-electron chi connectivity index (χ0n) is 12.9. The highest BCUT2D eigenvalue weighted by Crippen LogP contribution is 2.34. The fourth-order valence-electron chi connectivity index (χ4n) is 2.07. The largest absolute Gasteiger partial charge is 0.454 e. The second-order valence-corrected chi connectivity index (χ2v) is 6.05. The molecule has 0 radical (unpaired) electrons. The first-order valence-electron chi connectivity index (χ1n) is 6.93. The molecule has 0 aliphatic heterocycles. The van der Waals surface area contributed by atoms with Crippen molar-refractivity contribution in [3.63, 3.8) is 0 Å². The number of aliphatic imine (C=N–C) groups is 1. The minimum absolute atomic E-state index is 0.0983. The molecule has 2 aromatic rings. The van der Waals surface area contributed by atoms with Gasteiger partial charge < -0.3 is 5.73 Å². The molecule has 27 heavy (non-hydrogen) atoms. The van der Waals surface area contributed by atoms with Crippen molar-refractivity contribution in [1.82, 2.24) is 0 Å². The molecule has 2 rings (SSSR count). The van der Waals surface area contributed by atoms with E-state index in [9.17, 15) is 31.1 Å². The third kappa shape index (κ3) is 4.92. The Labute approximate surface area is 158 Å². The molecule has 0 bridgehead atoms. The van der Waals surface area contributed by atoms with Crippen LogP contribution in [0.2, 0.25) is 10.0 Å². The highest BCUT2D eigenvalue weighted by molar-refractivity contribution is 6.31. The Kier molecular flexibility index (Phi) is 5.77. The summed E-state index contributed by atoms with van der Waals surface area (Å²) in [5.41, 5.74) is 0.923. The molecule has 0 amide bonds. The Hall–Kier alpha value is -2.26. The summed E-state index contributed by atoms with van der Waals surface area (Å²) in [6.45, 7) is 0. The van der Waals surface area contributed by atoms with Crippen LogP contribution in [0.5, 0.6) is 0 Å². The van der Waals surface area contributed by atoms with Crippen molar-refractivity contribution in [2.75, 3.05) is 5.73 Å². The molecule has 0 aliphatic carbocycles. The van der Waals surface area contributed by atoms with Gasteiger partial charge in [0.25, 0.3) is 5.78 Å². The number of hydrogen-bond acceptors (Lipinski definition) is 3. The van der Waals surface area contributed by atoms with Gasteiger partial charge in [0.05, 0.1) is 11.3 Å². The smallest absolute Gasteiger partial charge is 0.398 e. The zero-order valence-corrected chi connectivity index (χ0v) is 14.4. The van der Waals surface area contributed by atoms with Crippen molar-refractivity contribution >= 4 is 46.1 Å². The minimum Gasteiger partial charge on any atom is -0.398 e. The van der Waals surface area contributed by atoms with E-state index in [1.807, 2.05) is 0 Å². The molecule has 0 saturated carbocycles. The Balaban J connectivity index is 2.76. The van der Waals surface area contributed by atoms with Crippen LogP contribution in [0.4, 0.5) is 37.7 Å². The van der Waals surface area contributed by atoms with Gasteiger partial charge in [-0.15, -0.1) is 0 Å². The number of ketones is 1. The van der Waals surface area contributed by atoms with Gasteiger partial charge in [0.2, 0.25) is 0 Å². The van der Waals surface area contributed by atoms with Crippen molar-refractivity contribution in [3.05, 3.63) is 57.6 Å². The highest BCUT2D eigenvalue weighted by atomic mass is 35.5. The number of nitrogens with two attached hydrogens (primary N) is 1. The van der Waals surface area contributed by atoms with E-state index in [-0.39, 0.29) is 15.7 Å². The van der Waals surface area contributed by atoms with Crippen LogP contribution in [0, 0.1) is 0 Å². The molecule has 11 heteroatoms. The zero-order chi connectivity index (χ0) is 20.6. The number of carbonyl (C=O) groups excluding carboxylic acids is 1. The summed E-state index contributed by atoms with van der Waals surface area (Å²) in [6.07, 6.45) is -10.4. The fraction of sp³-hybridized carbons (Fsp3) is 0.125. The topological polar surface area (TPSA) is 55.4 Å². The lowest BCUT2D eigenvalue weighted by Gasteiger charge is -2.15. The molecule has 0 aliphatic rings. The molecule has 0 heterocycles. The Morgan fingerprint density at radius 1 is 0.852 bits per heavy atom. The molecule has 0 aromatic heterocycles. The molecule has 0 atom stereocenters. The van der Waals surface area contributed by atoms with Gasteiger partial charge in [-0.1, -0.05) is 23.2 Å². The van der Waals surface area contributed by atoms with Crippen LogP contribution in [-0.4, -0.2) is 23.8 Å². The van der Waals surface area contributed by atoms with E-state index in [0.717, 1.165) is 24.3 Å². The van der Waals surface area contributed by atoms with Gasteiger partial charge in [0.1, 0.15) is 0 Å². The average Bonchev–Trinajstić information content (AvgIpc) is 2.53. The quantitative estimate of drug-likeness (QED) is 0.282. The van der Waals surface area contributed by atoms with Crippen molar-refractivity contribution in [2.24, 2.45) is 4.99 Å². The van der Waals surface area contributed by atoms with Crippen LogP contribution < -0.4 is 5.73 Å². The minimum atomic E-state index is -5.33. The number of benzene rings is 2. The molecule has 0 unspecified atom stereocenters. The van der Waals surface area contributed by atoms with Crippen LogP contribution in [0.25, 0.3) is 0 Å². The Morgan fingerprint density at radius 2 is 1.37 bits per heavy atom. The number of alkyl halides is 6. The Bertz CT molecular complexity index is 922. The predicted molar refractivity (Wildman–Crippen MR) is 90.0 cm³/mol. The number of nitrogen functional groups attached to an aromatic ring is 1. The van der Waals surface area contributed by atoms with E-state index in [2.05, 4.69) is 4.99 Å². The third-order valence-electron chi connectivity index (χ3n) is 3.23. The summed E-state index contributed by atoms with van der Waals surface area (Å²) in [5, 5.41) is -0.378. The number of nitrogens with zero attached hydrogens (tertiary/aromatic N) is 1. The number of anilines is 1. The third-order valence-corrected chi connectivity index (χ3v) is 3.70. The highest BCUT2D eigenvalue weighted by Gasteiger charge is 2.42. The molecular formula is C16H8Cl2F6N2O. The predicted octanol–water partition coefficient (Wildman–Crippen LogP) is 6.00. The summed E-state index contributed by atoms with van der Waals surface area (Å²) in [6, 6.07) is 5.55. The lowest BCUT2D eigenvalue weighted by molar-refractivity contribution is -0.0884. The number of Topliss-reactive ketones (excluding diaryl/α,β-unsaturated/α-hetero) is 1. The van der Waals surface area contributed by atoms with Crippen molar-refractivity contribution < 1.29 is 31.1 Å². The van der Waals surface area contributed by atoms with Crippen molar-refractivity contribution in [3.8, 4) is 0 Å². The maximum Gasteiger partial charge on any atom is 0.454 e. The van der Waals surface area contributed by atoms with Gasteiger partial charge >= 0.3 is 12.4 Å². The monoisotopic (exact) mass is 428 g/mol. The molecule has 2 N–H and O–H groups in total. The van der Waals surface area contributed by atoms with Gasteiger partial charge in [-0.05, 0) is 36.4 Å². The average molecular weight is 429 g/mol. The van der Waals surface area contributed by atoms with E-state index in [0.29, 0.717) is 6.07 Å². The second kappa shape index (κ2) is 7.40. The van der Waals surface area contributed by atoms with Crippen molar-refractivity contribution in [1.29, 1.82) is 0 Å². The van der Waals surface area contributed by atoms with Crippen molar-refractivity contribution in [2.45, 2.75) is 12.4 Å². The first-order valence-corrected chi connectivity index (χ1v) is 7.68. The van der Waals surface area contributed by atoms with E-state index < -0.39 is 40.7 Å². The van der Waals surface area contributed by atoms with Gasteiger partial charge in [0.15, 0.2) is 5.71 Å². The lowest BCUT2D eigenvalue weighted by Crippen LogP contribution is -2.26. The normalized spacial score (nSPS) is 13.0. The maximum absolute atomic E-state index is 13.5. The number of carbonyl (C=O) groups is 1. The van der Waals surface area contributed by atoms with Crippen LogP contribution in [0.3, 0.4) is 0 Å². The molecule has 3 nitrogen and oxygen atoms in total. The van der Waals surface area contributed by atoms with E-state index in [1.54, 1.807) is 0 Å². The molecule has 2 aromatic carbocycles. The summed E-state index contributed by atoms with van der Waals surface area (Å²) < 4.78 is 78.7. The standard InChI is InChI=1S/C16H8Cl2F6N2O/c17-7-1-3-11(25)9(5-7)13(15(19,20)21)26-12-4-2-8(18)6-10(12)14(27)16(22,23)24/h1-6H,25H2. The van der Waals surface area contributed by atoms with Gasteiger partial charge in [-0.3, -0.25) is 4.79 Å². The van der Waals surface area contributed by atoms with Crippen LogP contribution in [0.15, 0.2) is 41.4 Å². The number of rotatable bonds is 3. The van der Waals surface area contributed by atoms with Crippen LogP contribution in [0.1, 0.15) is 15.9 Å². The van der Waals surface area contributed by atoms with Crippen LogP contribution >= 0.6 is 23.2 Å². The first kappa shape index (κ1) is 21.0. The summed E-state index contributed by atoms with van der Waals surface area (Å²) in [7, 11) is 0. The van der Waals surface area contributed by atoms with Crippen LogP contribution in [-0.2, 0) is 0 Å². The summed E-state index contributed by atoms with van der Waals surface area (Å²) in [4.78, 5) is 14.8. The second-order valence-electron chi connectivity index (χ2n) is 5.18. The molecule has 144 valence electrons. The SMILES string of the molecule is Nc1ccc(Cl)cc1C(=Nc1ccc(Cl)cc1C(=O)C(F)(F)F)C(F)(F)F. The van der Waals surface area contributed by atoms with Gasteiger partial charge in [-0.2, -0.15) is 26.3 Å². The molecular weight excluding hydrogens is 421 g/mol. The number of halogens is 8. The molecule has 0 fully saturated rings. The lowest BCUT2D eigenvalue weighted by atomic mass is 10.1. The molecule has 0 spiro atoms.